The number of phenols is 1. The van der Waals surface area contributed by atoms with E-state index in [0.29, 0.717) is 17.0 Å². The lowest BCUT2D eigenvalue weighted by Gasteiger charge is -2.38. The molecule has 10 heteroatoms. The lowest BCUT2D eigenvalue weighted by Crippen LogP contribution is -2.50. The Bertz CT molecular complexity index is 1160. The maximum absolute atomic E-state index is 14.1. The summed E-state index contributed by atoms with van der Waals surface area (Å²) in [5.41, 5.74) is -3.18. The molecule has 1 unspecified atom stereocenters. The van der Waals surface area contributed by atoms with E-state index >= 15 is 0 Å². The van der Waals surface area contributed by atoms with Crippen molar-refractivity contribution in [3.8, 4) is 5.75 Å². The van der Waals surface area contributed by atoms with E-state index in [1.165, 1.54) is 32.2 Å². The van der Waals surface area contributed by atoms with Crippen LogP contribution in [0.2, 0.25) is 0 Å². The van der Waals surface area contributed by atoms with Gasteiger partial charge in [0.15, 0.2) is 5.60 Å². The van der Waals surface area contributed by atoms with Crippen LogP contribution in [0.15, 0.2) is 30.5 Å². The third-order valence-corrected chi connectivity index (χ3v) is 6.23. The Morgan fingerprint density at radius 3 is 2.45 bits per heavy atom. The number of fused-ring (bicyclic) bond motifs is 1. The smallest absolute Gasteiger partial charge is 0.417 e. The average molecular weight is 466 g/mol. The number of nitrogens with zero attached hydrogens (tertiary/aromatic N) is 3. The van der Waals surface area contributed by atoms with Crippen molar-refractivity contribution in [1.82, 2.24) is 15.0 Å². The van der Waals surface area contributed by atoms with Gasteiger partial charge in [-0.2, -0.15) is 13.2 Å². The molecule has 3 N–H and O–H groups in total. The van der Waals surface area contributed by atoms with E-state index in [-0.39, 0.29) is 11.3 Å². The second-order valence-corrected chi connectivity index (χ2v) is 9.39. The molecule has 0 aliphatic carbocycles. The van der Waals surface area contributed by atoms with Crippen molar-refractivity contribution < 1.29 is 27.8 Å². The second-order valence-electron chi connectivity index (χ2n) is 9.39. The van der Waals surface area contributed by atoms with Crippen molar-refractivity contribution >= 4 is 17.0 Å². The number of alkyl halides is 3. The standard InChI is InChI=1S/C23H26F4N4O2/c1-21(2,16-6-5-14(24)9-19(16)32)13-22(33,23(25,26)27)11-15-10-17-18(29-15)12-28-20(30-17)31-7-3-4-8-31/h5-6,9-10,12,29,32-33H,3-4,7-8,11,13H2,1-2H3. The molecule has 0 bridgehead atoms. The fourth-order valence-corrected chi connectivity index (χ4v) is 4.61. The van der Waals surface area contributed by atoms with Gasteiger partial charge in [-0.1, -0.05) is 19.9 Å². The molecule has 1 aliphatic rings. The van der Waals surface area contributed by atoms with Crippen molar-refractivity contribution in [2.24, 2.45) is 0 Å². The third-order valence-electron chi connectivity index (χ3n) is 6.23. The lowest BCUT2D eigenvalue weighted by atomic mass is 9.73. The van der Waals surface area contributed by atoms with Gasteiger partial charge in [0, 0.05) is 31.3 Å². The number of H-pyrrole nitrogens is 1. The fraction of sp³-hybridized carbons (Fsp3) is 0.478. The molecule has 0 radical (unpaired) electrons. The summed E-state index contributed by atoms with van der Waals surface area (Å²) in [7, 11) is 0. The van der Waals surface area contributed by atoms with E-state index in [1.807, 2.05) is 4.90 Å². The number of halogens is 4. The van der Waals surface area contributed by atoms with Crippen molar-refractivity contribution in [3.63, 3.8) is 0 Å². The molecule has 6 nitrogen and oxygen atoms in total. The first kappa shape index (κ1) is 23.3. The minimum absolute atomic E-state index is 0.115. The van der Waals surface area contributed by atoms with Gasteiger partial charge in [0.05, 0.1) is 17.2 Å². The van der Waals surface area contributed by atoms with Crippen LogP contribution >= 0.6 is 0 Å². The summed E-state index contributed by atoms with van der Waals surface area (Å²) in [5.74, 6) is -0.630. The fourth-order valence-electron chi connectivity index (χ4n) is 4.61. The Kier molecular flexibility index (Phi) is 5.76. The number of aromatic amines is 1. The summed E-state index contributed by atoms with van der Waals surface area (Å²) in [5, 5.41) is 21.0. The highest BCUT2D eigenvalue weighted by Gasteiger charge is 2.56. The molecule has 1 aromatic carbocycles. The van der Waals surface area contributed by atoms with E-state index in [4.69, 9.17) is 0 Å². The zero-order chi connectivity index (χ0) is 24.0. The van der Waals surface area contributed by atoms with E-state index in [1.54, 1.807) is 0 Å². The summed E-state index contributed by atoms with van der Waals surface area (Å²) in [4.78, 5) is 13.7. The maximum Gasteiger partial charge on any atom is 0.417 e. The molecule has 2 aromatic heterocycles. The first-order valence-electron chi connectivity index (χ1n) is 10.8. The normalized spacial score (nSPS) is 17.0. The van der Waals surface area contributed by atoms with Gasteiger partial charge in [-0.3, -0.25) is 0 Å². The van der Waals surface area contributed by atoms with Gasteiger partial charge in [-0.25, -0.2) is 14.4 Å². The molecule has 1 fully saturated rings. The molecule has 1 aliphatic heterocycles. The van der Waals surface area contributed by atoms with Crippen LogP contribution in [0.3, 0.4) is 0 Å². The second kappa shape index (κ2) is 8.16. The number of rotatable bonds is 6. The molecule has 1 atom stereocenters. The number of hydrogen-bond acceptors (Lipinski definition) is 5. The molecule has 3 aromatic rings. The largest absolute Gasteiger partial charge is 0.508 e. The summed E-state index contributed by atoms with van der Waals surface area (Å²) < 4.78 is 55.7. The van der Waals surface area contributed by atoms with Crippen LogP contribution in [0.1, 0.15) is 44.4 Å². The van der Waals surface area contributed by atoms with Crippen LogP contribution in [0.4, 0.5) is 23.5 Å². The number of aliphatic hydroxyl groups is 1. The van der Waals surface area contributed by atoms with E-state index < -0.39 is 41.6 Å². The number of hydrogen-bond donors (Lipinski definition) is 3. The quantitative estimate of drug-likeness (QED) is 0.462. The van der Waals surface area contributed by atoms with Gasteiger partial charge < -0.3 is 20.1 Å². The number of aromatic nitrogens is 3. The van der Waals surface area contributed by atoms with Gasteiger partial charge in [-0.05, 0) is 42.4 Å². The van der Waals surface area contributed by atoms with Crippen LogP contribution < -0.4 is 4.90 Å². The van der Waals surface area contributed by atoms with E-state index in [9.17, 15) is 27.8 Å². The van der Waals surface area contributed by atoms with Crippen LogP contribution in [0.25, 0.3) is 11.0 Å². The van der Waals surface area contributed by atoms with E-state index in [2.05, 4.69) is 15.0 Å². The number of phenolic OH excluding ortho intramolecular Hbond substituents is 1. The highest BCUT2D eigenvalue weighted by Crippen LogP contribution is 2.45. The molecular formula is C23H26F4N4O2. The van der Waals surface area contributed by atoms with Crippen molar-refractivity contribution in [2.45, 2.75) is 56.7 Å². The predicted octanol–water partition coefficient (Wildman–Crippen LogP) is 4.61. The Morgan fingerprint density at radius 2 is 1.82 bits per heavy atom. The number of aromatic hydroxyl groups is 1. The van der Waals surface area contributed by atoms with Gasteiger partial charge >= 0.3 is 6.18 Å². The van der Waals surface area contributed by atoms with E-state index in [0.717, 1.165) is 38.1 Å². The molecule has 0 spiro atoms. The predicted molar refractivity (Wildman–Crippen MR) is 116 cm³/mol. The molecule has 4 rings (SSSR count). The zero-order valence-electron chi connectivity index (χ0n) is 18.4. The Balaban J connectivity index is 1.63. The molecule has 178 valence electrons. The summed E-state index contributed by atoms with van der Waals surface area (Å²) in [6, 6.07) is 4.64. The average Bonchev–Trinajstić information content (AvgIpc) is 3.35. The molecule has 33 heavy (non-hydrogen) atoms. The third kappa shape index (κ3) is 4.62. The number of benzene rings is 1. The molecule has 3 heterocycles. The van der Waals surface area contributed by atoms with Crippen LogP contribution in [-0.4, -0.2) is 50.0 Å². The summed E-state index contributed by atoms with van der Waals surface area (Å²) in [6.45, 7) is 4.61. The maximum atomic E-state index is 14.1. The van der Waals surface area contributed by atoms with Crippen molar-refractivity contribution in [1.29, 1.82) is 0 Å². The Morgan fingerprint density at radius 1 is 1.12 bits per heavy atom. The van der Waals surface area contributed by atoms with Gasteiger partial charge in [0.1, 0.15) is 11.6 Å². The minimum atomic E-state index is -4.95. The van der Waals surface area contributed by atoms with Crippen molar-refractivity contribution in [2.75, 3.05) is 18.0 Å². The Labute approximate surface area is 188 Å². The van der Waals surface area contributed by atoms with Crippen LogP contribution in [0, 0.1) is 5.82 Å². The molecule has 0 saturated carbocycles. The molecular weight excluding hydrogens is 440 g/mol. The van der Waals surface area contributed by atoms with Crippen molar-refractivity contribution in [3.05, 3.63) is 47.5 Å². The SMILES string of the molecule is CC(C)(CC(O)(Cc1cc2nc(N3CCCC3)ncc2[nH]1)C(F)(F)F)c1ccc(F)cc1O. The zero-order valence-corrected chi connectivity index (χ0v) is 18.4. The number of anilines is 1. The lowest BCUT2D eigenvalue weighted by molar-refractivity contribution is -0.266. The highest BCUT2D eigenvalue weighted by atomic mass is 19.4. The first-order chi connectivity index (χ1) is 15.4. The van der Waals surface area contributed by atoms with Gasteiger partial charge in [0.25, 0.3) is 0 Å². The minimum Gasteiger partial charge on any atom is -0.508 e. The first-order valence-corrected chi connectivity index (χ1v) is 10.8. The summed E-state index contributed by atoms with van der Waals surface area (Å²) in [6.07, 6.45) is -2.83. The highest BCUT2D eigenvalue weighted by molar-refractivity contribution is 5.76. The molecule has 1 saturated heterocycles. The van der Waals surface area contributed by atoms with Gasteiger partial charge in [0.2, 0.25) is 5.95 Å². The van der Waals surface area contributed by atoms with Crippen LogP contribution in [-0.2, 0) is 11.8 Å². The summed E-state index contributed by atoms with van der Waals surface area (Å²) >= 11 is 0. The van der Waals surface area contributed by atoms with Gasteiger partial charge in [-0.15, -0.1) is 0 Å². The number of nitrogens with one attached hydrogen (secondary N) is 1. The molecule has 0 amide bonds. The Hall–Kier alpha value is -2.88. The monoisotopic (exact) mass is 466 g/mol. The topological polar surface area (TPSA) is 85.3 Å². The van der Waals surface area contributed by atoms with Crippen LogP contribution in [0.5, 0.6) is 5.75 Å².